The number of aromatic nitrogens is 2. The molecule has 0 saturated heterocycles. The third kappa shape index (κ3) is 2.37. The van der Waals surface area contributed by atoms with Crippen molar-refractivity contribution in [3.05, 3.63) is 41.7 Å². The van der Waals surface area contributed by atoms with Gasteiger partial charge in [-0.1, -0.05) is 18.2 Å². The van der Waals surface area contributed by atoms with Crippen molar-refractivity contribution < 1.29 is 14.6 Å². The van der Waals surface area contributed by atoms with Crippen LogP contribution in [-0.2, 0) is 11.2 Å². The lowest BCUT2D eigenvalue weighted by Gasteiger charge is -2.27. The Labute approximate surface area is 115 Å². The van der Waals surface area contributed by atoms with E-state index in [1.165, 1.54) is 5.56 Å². The van der Waals surface area contributed by atoms with Gasteiger partial charge in [-0.3, -0.25) is 0 Å². The average molecular weight is 273 g/mol. The summed E-state index contributed by atoms with van der Waals surface area (Å²) in [6.07, 6.45) is 3.03. The number of H-pyrrole nitrogens is 1. The summed E-state index contributed by atoms with van der Waals surface area (Å²) in [5.41, 5.74) is 3.25. The van der Waals surface area contributed by atoms with Crippen LogP contribution in [0.3, 0.4) is 0 Å². The summed E-state index contributed by atoms with van der Waals surface area (Å²) in [6.45, 7) is 0.834. The fourth-order valence-corrected chi connectivity index (χ4v) is 2.56. The number of aromatic amines is 1. The van der Waals surface area contributed by atoms with E-state index in [1.807, 2.05) is 18.2 Å². The van der Waals surface area contributed by atoms with Crippen LogP contribution < -0.4 is 5.32 Å². The minimum Gasteiger partial charge on any atom is -0.465 e. The average Bonchev–Trinajstić information content (AvgIpc) is 2.98. The molecule has 20 heavy (non-hydrogen) atoms. The molecule has 0 radical (unpaired) electrons. The zero-order valence-corrected chi connectivity index (χ0v) is 10.8. The molecule has 1 aromatic carbocycles. The fourth-order valence-electron chi connectivity index (χ4n) is 2.56. The SMILES string of the molecule is O=C(O)NCC1OCCc2c(-c3ncc[nH]3)cccc21. The van der Waals surface area contributed by atoms with Crippen LogP contribution >= 0.6 is 0 Å². The Balaban J connectivity index is 1.94. The van der Waals surface area contributed by atoms with Crippen molar-refractivity contribution in [3.63, 3.8) is 0 Å². The van der Waals surface area contributed by atoms with E-state index < -0.39 is 6.09 Å². The van der Waals surface area contributed by atoms with E-state index in [9.17, 15) is 4.79 Å². The molecule has 3 N–H and O–H groups in total. The number of benzene rings is 1. The largest absolute Gasteiger partial charge is 0.465 e. The first-order chi connectivity index (χ1) is 9.75. The predicted molar refractivity (Wildman–Crippen MR) is 72.4 cm³/mol. The van der Waals surface area contributed by atoms with E-state index in [2.05, 4.69) is 15.3 Å². The molecule has 0 bridgehead atoms. The second kappa shape index (κ2) is 5.34. The van der Waals surface area contributed by atoms with Gasteiger partial charge in [0, 0.05) is 18.0 Å². The van der Waals surface area contributed by atoms with Crippen LogP contribution in [0.5, 0.6) is 0 Å². The van der Waals surface area contributed by atoms with Crippen LogP contribution in [0.4, 0.5) is 4.79 Å². The topological polar surface area (TPSA) is 87.2 Å². The summed E-state index contributed by atoms with van der Waals surface area (Å²) in [7, 11) is 0. The number of fused-ring (bicyclic) bond motifs is 1. The molecule has 0 fully saturated rings. The van der Waals surface area contributed by atoms with E-state index in [0.29, 0.717) is 6.61 Å². The van der Waals surface area contributed by atoms with Crippen LogP contribution in [0, 0.1) is 0 Å². The first-order valence-corrected chi connectivity index (χ1v) is 6.45. The van der Waals surface area contributed by atoms with Gasteiger partial charge in [-0.15, -0.1) is 0 Å². The van der Waals surface area contributed by atoms with Gasteiger partial charge in [-0.05, 0) is 17.5 Å². The second-order valence-corrected chi connectivity index (χ2v) is 4.61. The molecule has 6 nitrogen and oxygen atoms in total. The molecule has 1 aliphatic rings. The molecule has 0 saturated carbocycles. The molecule has 2 heterocycles. The zero-order valence-electron chi connectivity index (χ0n) is 10.8. The molecule has 3 rings (SSSR count). The molecule has 1 aliphatic heterocycles. The van der Waals surface area contributed by atoms with Crippen LogP contribution in [-0.4, -0.2) is 34.3 Å². The Kier molecular flexibility index (Phi) is 3.39. The van der Waals surface area contributed by atoms with Gasteiger partial charge in [0.2, 0.25) is 0 Å². The molecule has 6 heteroatoms. The number of carboxylic acid groups (broad SMARTS) is 1. The summed E-state index contributed by atoms with van der Waals surface area (Å²) in [5.74, 6) is 0.827. The van der Waals surface area contributed by atoms with Crippen LogP contribution in [0.1, 0.15) is 17.2 Å². The van der Waals surface area contributed by atoms with Crippen LogP contribution in [0.15, 0.2) is 30.6 Å². The number of nitrogens with one attached hydrogen (secondary N) is 2. The molecule has 1 unspecified atom stereocenters. The van der Waals surface area contributed by atoms with E-state index in [-0.39, 0.29) is 12.6 Å². The van der Waals surface area contributed by atoms with Crippen molar-refractivity contribution in [1.82, 2.24) is 15.3 Å². The molecule has 1 aromatic heterocycles. The van der Waals surface area contributed by atoms with Gasteiger partial charge in [0.1, 0.15) is 11.9 Å². The lowest BCUT2D eigenvalue weighted by atomic mass is 9.92. The molecule has 1 amide bonds. The standard InChI is InChI=1S/C14H15N3O3/c18-14(19)17-8-12-10-2-1-3-11(9(10)4-7-20-12)13-15-5-6-16-13/h1-3,5-6,12,17H,4,7-8H2,(H,15,16)(H,18,19). The summed E-state index contributed by atoms with van der Waals surface area (Å²) >= 11 is 0. The number of nitrogens with zero attached hydrogens (tertiary/aromatic N) is 1. The first kappa shape index (κ1) is 12.7. The van der Waals surface area contributed by atoms with Gasteiger partial charge in [0.15, 0.2) is 0 Å². The van der Waals surface area contributed by atoms with E-state index >= 15 is 0 Å². The number of rotatable bonds is 3. The molecule has 1 atom stereocenters. The first-order valence-electron chi connectivity index (χ1n) is 6.45. The summed E-state index contributed by atoms with van der Waals surface area (Å²) in [4.78, 5) is 18.0. The van der Waals surface area contributed by atoms with E-state index in [1.54, 1.807) is 12.4 Å². The monoisotopic (exact) mass is 273 g/mol. The van der Waals surface area contributed by atoms with Crippen molar-refractivity contribution in [3.8, 4) is 11.4 Å². The van der Waals surface area contributed by atoms with Crippen LogP contribution in [0.2, 0.25) is 0 Å². The maximum atomic E-state index is 10.6. The highest BCUT2D eigenvalue weighted by molar-refractivity contribution is 5.65. The molecule has 2 aromatic rings. The minimum absolute atomic E-state index is 0.246. The summed E-state index contributed by atoms with van der Waals surface area (Å²) < 4.78 is 5.67. The number of carbonyl (C=O) groups is 1. The highest BCUT2D eigenvalue weighted by atomic mass is 16.5. The Morgan fingerprint density at radius 3 is 3.20 bits per heavy atom. The van der Waals surface area contributed by atoms with E-state index in [0.717, 1.165) is 23.4 Å². The van der Waals surface area contributed by atoms with Crippen molar-refractivity contribution >= 4 is 6.09 Å². The highest BCUT2D eigenvalue weighted by Gasteiger charge is 2.24. The van der Waals surface area contributed by atoms with Gasteiger partial charge in [-0.2, -0.15) is 0 Å². The lowest BCUT2D eigenvalue weighted by Crippen LogP contribution is -2.30. The van der Waals surface area contributed by atoms with Crippen molar-refractivity contribution in [2.45, 2.75) is 12.5 Å². The molecule has 0 aliphatic carbocycles. The smallest absolute Gasteiger partial charge is 0.404 e. The second-order valence-electron chi connectivity index (χ2n) is 4.61. The minimum atomic E-state index is -1.04. The summed E-state index contributed by atoms with van der Waals surface area (Å²) in [5, 5.41) is 11.1. The Morgan fingerprint density at radius 1 is 1.55 bits per heavy atom. The van der Waals surface area contributed by atoms with Gasteiger partial charge >= 0.3 is 6.09 Å². The number of imidazole rings is 1. The van der Waals surface area contributed by atoms with Crippen molar-refractivity contribution in [1.29, 1.82) is 0 Å². The number of ether oxygens (including phenoxy) is 1. The van der Waals surface area contributed by atoms with E-state index in [4.69, 9.17) is 9.84 Å². The number of amides is 1. The fraction of sp³-hybridized carbons (Fsp3) is 0.286. The maximum absolute atomic E-state index is 10.6. The predicted octanol–water partition coefficient (Wildman–Crippen LogP) is 1.96. The summed E-state index contributed by atoms with van der Waals surface area (Å²) in [6, 6.07) is 5.94. The normalized spacial score (nSPS) is 17.5. The van der Waals surface area contributed by atoms with Gasteiger partial charge < -0.3 is 20.1 Å². The highest BCUT2D eigenvalue weighted by Crippen LogP contribution is 2.32. The molecule has 0 spiro atoms. The molecule has 104 valence electrons. The van der Waals surface area contributed by atoms with Gasteiger partial charge in [0.25, 0.3) is 0 Å². The quantitative estimate of drug-likeness (QED) is 0.797. The maximum Gasteiger partial charge on any atom is 0.404 e. The van der Waals surface area contributed by atoms with Crippen molar-refractivity contribution in [2.24, 2.45) is 0 Å². The zero-order chi connectivity index (χ0) is 13.9. The van der Waals surface area contributed by atoms with Crippen LogP contribution in [0.25, 0.3) is 11.4 Å². The Morgan fingerprint density at radius 2 is 2.45 bits per heavy atom. The molecular weight excluding hydrogens is 258 g/mol. The third-order valence-corrected chi connectivity index (χ3v) is 3.42. The van der Waals surface area contributed by atoms with Crippen molar-refractivity contribution in [2.75, 3.05) is 13.2 Å². The number of hydrogen-bond donors (Lipinski definition) is 3. The lowest BCUT2D eigenvalue weighted by molar-refractivity contribution is 0.0428. The van der Waals surface area contributed by atoms with Gasteiger partial charge in [-0.25, -0.2) is 9.78 Å². The van der Waals surface area contributed by atoms with Gasteiger partial charge in [0.05, 0.1) is 13.2 Å². The Bertz CT molecular complexity index is 610. The molecular formula is C14H15N3O3. The third-order valence-electron chi connectivity index (χ3n) is 3.42. The Hall–Kier alpha value is -2.34. The number of hydrogen-bond acceptors (Lipinski definition) is 3.